The Morgan fingerprint density at radius 2 is 1.70 bits per heavy atom. The van der Waals surface area contributed by atoms with Gasteiger partial charge in [0, 0.05) is 5.02 Å². The fourth-order valence-corrected chi connectivity index (χ4v) is 3.34. The second-order valence-corrected chi connectivity index (χ2v) is 6.14. The molecule has 1 N–H and O–H groups in total. The van der Waals surface area contributed by atoms with Crippen LogP contribution in [0, 0.1) is 6.92 Å². The van der Waals surface area contributed by atoms with Crippen LogP contribution in [0.2, 0.25) is 5.02 Å². The predicted octanol–water partition coefficient (Wildman–Crippen LogP) is 4.61. The lowest BCUT2D eigenvalue weighted by molar-refractivity contribution is 0.220. The molecule has 0 saturated carbocycles. The van der Waals surface area contributed by atoms with E-state index in [-0.39, 0.29) is 0 Å². The van der Waals surface area contributed by atoms with Gasteiger partial charge in [0.05, 0.1) is 0 Å². The van der Waals surface area contributed by atoms with Gasteiger partial charge < -0.3 is 5.11 Å². The lowest BCUT2D eigenvalue weighted by Crippen LogP contribution is -2.06. The molecule has 1 aliphatic carbocycles. The number of benzene rings is 2. The zero-order chi connectivity index (χ0) is 14.1. The average molecular weight is 287 g/mol. The molecule has 0 aliphatic heterocycles. The molecule has 0 heterocycles. The Morgan fingerprint density at radius 3 is 2.45 bits per heavy atom. The smallest absolute Gasteiger partial charge is 0.104 e. The number of aliphatic hydroxyl groups excluding tert-OH is 1. The molecule has 104 valence electrons. The number of rotatable bonds is 2. The molecule has 2 heteroatoms. The number of hydrogen-bond donors (Lipinski definition) is 1. The third-order valence-corrected chi connectivity index (χ3v) is 4.29. The predicted molar refractivity (Wildman–Crippen MR) is 83.3 cm³/mol. The van der Waals surface area contributed by atoms with Crippen molar-refractivity contribution in [1.29, 1.82) is 0 Å². The van der Waals surface area contributed by atoms with E-state index in [9.17, 15) is 5.11 Å². The van der Waals surface area contributed by atoms with Crippen LogP contribution >= 0.6 is 11.6 Å². The molecule has 0 spiro atoms. The number of fused-ring (bicyclic) bond motifs is 1. The topological polar surface area (TPSA) is 20.2 Å². The van der Waals surface area contributed by atoms with Gasteiger partial charge in [-0.3, -0.25) is 0 Å². The summed E-state index contributed by atoms with van der Waals surface area (Å²) in [6.45, 7) is 1.99. The van der Waals surface area contributed by atoms with Crippen LogP contribution in [0.1, 0.15) is 46.8 Å². The maximum Gasteiger partial charge on any atom is 0.104 e. The van der Waals surface area contributed by atoms with Crippen LogP contribution in [0.5, 0.6) is 0 Å². The van der Waals surface area contributed by atoms with Crippen LogP contribution < -0.4 is 0 Å². The molecule has 20 heavy (non-hydrogen) atoms. The molecule has 0 bridgehead atoms. The maximum absolute atomic E-state index is 10.6. The lowest BCUT2D eigenvalue weighted by Gasteiger charge is -2.19. The first-order valence-corrected chi connectivity index (χ1v) is 7.58. The molecule has 3 rings (SSSR count). The second kappa shape index (κ2) is 5.59. The van der Waals surface area contributed by atoms with Crippen LogP contribution in [0.15, 0.2) is 36.4 Å². The fraction of sp³-hybridized carbons (Fsp3) is 0.333. The lowest BCUT2D eigenvalue weighted by atomic mass is 9.88. The highest BCUT2D eigenvalue weighted by atomic mass is 35.5. The summed E-state index contributed by atoms with van der Waals surface area (Å²) in [5.41, 5.74) is 5.74. The first-order chi connectivity index (χ1) is 9.63. The molecular weight excluding hydrogens is 268 g/mol. The summed E-state index contributed by atoms with van der Waals surface area (Å²) in [5, 5.41) is 11.3. The molecule has 1 unspecified atom stereocenters. The Labute approximate surface area is 125 Å². The summed E-state index contributed by atoms with van der Waals surface area (Å²) in [6, 6.07) is 12.1. The number of aliphatic hydroxyl groups is 1. The van der Waals surface area contributed by atoms with Gasteiger partial charge in [-0.2, -0.15) is 0 Å². The largest absolute Gasteiger partial charge is 0.384 e. The third-order valence-electron chi connectivity index (χ3n) is 4.07. The third kappa shape index (κ3) is 2.74. The van der Waals surface area contributed by atoms with Crippen molar-refractivity contribution in [3.8, 4) is 0 Å². The minimum absolute atomic E-state index is 0.598. The van der Waals surface area contributed by atoms with E-state index < -0.39 is 6.10 Å². The summed E-state index contributed by atoms with van der Waals surface area (Å²) in [6.07, 6.45) is 4.23. The molecule has 1 nitrogen and oxygen atoms in total. The van der Waals surface area contributed by atoms with Crippen molar-refractivity contribution >= 4 is 11.6 Å². The summed E-state index contributed by atoms with van der Waals surface area (Å²) in [4.78, 5) is 0. The van der Waals surface area contributed by atoms with Gasteiger partial charge in [-0.15, -0.1) is 0 Å². The van der Waals surface area contributed by atoms with Gasteiger partial charge in [-0.1, -0.05) is 35.9 Å². The van der Waals surface area contributed by atoms with Gasteiger partial charge in [-0.05, 0) is 72.6 Å². The Hall–Kier alpha value is -1.31. The van der Waals surface area contributed by atoms with E-state index in [0.717, 1.165) is 23.1 Å². The summed E-state index contributed by atoms with van der Waals surface area (Å²) < 4.78 is 0. The SMILES string of the molecule is Cc1cc(Cl)cc(C(O)c2ccc3c(c2)CCCC3)c1. The van der Waals surface area contributed by atoms with Crippen LogP contribution in [0.4, 0.5) is 0 Å². The quantitative estimate of drug-likeness (QED) is 0.855. The molecule has 0 radical (unpaired) electrons. The highest BCUT2D eigenvalue weighted by Crippen LogP contribution is 2.29. The first-order valence-electron chi connectivity index (χ1n) is 7.20. The molecule has 0 aromatic heterocycles. The van der Waals surface area contributed by atoms with Crippen molar-refractivity contribution < 1.29 is 5.11 Å². The highest BCUT2D eigenvalue weighted by molar-refractivity contribution is 6.30. The van der Waals surface area contributed by atoms with Crippen molar-refractivity contribution in [1.82, 2.24) is 0 Å². The Balaban J connectivity index is 1.95. The summed E-state index contributed by atoms with van der Waals surface area (Å²) in [7, 11) is 0. The highest BCUT2D eigenvalue weighted by Gasteiger charge is 2.15. The van der Waals surface area contributed by atoms with Crippen molar-refractivity contribution in [2.45, 2.75) is 38.7 Å². The van der Waals surface area contributed by atoms with Gasteiger partial charge >= 0.3 is 0 Å². The van der Waals surface area contributed by atoms with Crippen molar-refractivity contribution in [3.63, 3.8) is 0 Å². The van der Waals surface area contributed by atoms with E-state index in [1.54, 1.807) is 0 Å². The zero-order valence-corrected chi connectivity index (χ0v) is 12.5. The van der Waals surface area contributed by atoms with Crippen LogP contribution in [-0.4, -0.2) is 5.11 Å². The maximum atomic E-state index is 10.6. The van der Waals surface area contributed by atoms with Gasteiger partial charge in [-0.25, -0.2) is 0 Å². The average Bonchev–Trinajstić information content (AvgIpc) is 2.45. The number of halogens is 1. The molecule has 0 fully saturated rings. The zero-order valence-electron chi connectivity index (χ0n) is 11.7. The molecule has 0 amide bonds. The van der Waals surface area contributed by atoms with Gasteiger partial charge in [0.1, 0.15) is 6.10 Å². The van der Waals surface area contributed by atoms with E-state index in [4.69, 9.17) is 11.6 Å². The Kier molecular flexibility index (Phi) is 3.82. The van der Waals surface area contributed by atoms with E-state index in [0.29, 0.717) is 5.02 Å². The number of aryl methyl sites for hydroxylation is 3. The normalized spacial score (nSPS) is 15.8. The van der Waals surface area contributed by atoms with Crippen LogP contribution in [-0.2, 0) is 12.8 Å². The van der Waals surface area contributed by atoms with E-state index in [1.165, 1.54) is 30.4 Å². The first kappa shape index (κ1) is 13.7. The van der Waals surface area contributed by atoms with Gasteiger partial charge in [0.2, 0.25) is 0 Å². The van der Waals surface area contributed by atoms with E-state index in [2.05, 4.69) is 12.1 Å². The molecule has 2 aromatic carbocycles. The van der Waals surface area contributed by atoms with Crippen LogP contribution in [0.3, 0.4) is 0 Å². The molecule has 1 aliphatic rings. The standard InChI is InChI=1S/C18H19ClO/c1-12-8-16(11-17(19)9-12)18(20)15-7-6-13-4-2-3-5-14(13)10-15/h6-11,18,20H,2-5H2,1H3. The van der Waals surface area contributed by atoms with E-state index in [1.807, 2.05) is 31.2 Å². The monoisotopic (exact) mass is 286 g/mol. The Morgan fingerprint density at radius 1 is 0.950 bits per heavy atom. The van der Waals surface area contributed by atoms with E-state index >= 15 is 0 Å². The van der Waals surface area contributed by atoms with Gasteiger partial charge in [0.15, 0.2) is 0 Å². The molecule has 0 saturated heterocycles. The van der Waals surface area contributed by atoms with Crippen molar-refractivity contribution in [3.05, 3.63) is 69.2 Å². The molecular formula is C18H19ClO. The number of hydrogen-bond acceptors (Lipinski definition) is 1. The summed E-state index contributed by atoms with van der Waals surface area (Å²) >= 11 is 6.09. The fourth-order valence-electron chi connectivity index (χ4n) is 3.04. The minimum Gasteiger partial charge on any atom is -0.384 e. The van der Waals surface area contributed by atoms with Crippen molar-refractivity contribution in [2.75, 3.05) is 0 Å². The van der Waals surface area contributed by atoms with Gasteiger partial charge in [0.25, 0.3) is 0 Å². The molecule has 2 aromatic rings. The van der Waals surface area contributed by atoms with Crippen molar-refractivity contribution in [2.24, 2.45) is 0 Å². The summed E-state index contributed by atoms with van der Waals surface area (Å²) in [5.74, 6) is 0. The minimum atomic E-state index is -0.598. The Bertz CT molecular complexity index is 613. The molecule has 1 atom stereocenters. The second-order valence-electron chi connectivity index (χ2n) is 5.70. The van der Waals surface area contributed by atoms with Crippen LogP contribution in [0.25, 0.3) is 0 Å².